The summed E-state index contributed by atoms with van der Waals surface area (Å²) in [4.78, 5) is 13.1. The Labute approximate surface area is 108 Å². The van der Waals surface area contributed by atoms with Crippen LogP contribution >= 0.6 is 0 Å². The first-order chi connectivity index (χ1) is 8.56. The number of carbonyl (C=O) groups is 1. The van der Waals surface area contributed by atoms with Crippen LogP contribution in [-0.2, 0) is 4.79 Å². The lowest BCUT2D eigenvalue weighted by Gasteiger charge is -2.34. The third kappa shape index (κ3) is 3.13. The van der Waals surface area contributed by atoms with Crippen molar-refractivity contribution in [1.29, 1.82) is 0 Å². The lowest BCUT2D eigenvalue weighted by atomic mass is 9.93. The van der Waals surface area contributed by atoms with Gasteiger partial charge in [-0.05, 0) is 57.8 Å². The molecule has 1 aromatic rings. The molecule has 1 fully saturated rings. The van der Waals surface area contributed by atoms with Crippen LogP contribution in [0.5, 0.6) is 0 Å². The van der Waals surface area contributed by atoms with Crippen molar-refractivity contribution in [1.82, 2.24) is 4.90 Å². The highest BCUT2D eigenvalue weighted by Crippen LogP contribution is 2.28. The number of carboxylic acids is 1. The van der Waals surface area contributed by atoms with Gasteiger partial charge in [0.25, 0.3) is 0 Å². The maximum absolute atomic E-state index is 10.7. The molecule has 0 aromatic carbocycles. The summed E-state index contributed by atoms with van der Waals surface area (Å²) in [5.41, 5.74) is 0. The summed E-state index contributed by atoms with van der Waals surface area (Å²) in [5, 5.41) is 8.79. The number of hydrogen-bond acceptors (Lipinski definition) is 3. The molecule has 0 spiro atoms. The van der Waals surface area contributed by atoms with E-state index in [1.165, 1.54) is 0 Å². The minimum Gasteiger partial charge on any atom is -0.481 e. The summed E-state index contributed by atoms with van der Waals surface area (Å²) in [5.74, 6) is 1.61. The van der Waals surface area contributed by atoms with Gasteiger partial charge in [-0.25, -0.2) is 0 Å². The predicted molar refractivity (Wildman–Crippen MR) is 68.4 cm³/mol. The first kappa shape index (κ1) is 13.1. The zero-order valence-electron chi connectivity index (χ0n) is 11.1. The second-order valence-corrected chi connectivity index (χ2v) is 5.20. The fourth-order valence-corrected chi connectivity index (χ4v) is 2.65. The molecule has 2 heterocycles. The largest absolute Gasteiger partial charge is 0.481 e. The van der Waals surface area contributed by atoms with E-state index in [9.17, 15) is 4.79 Å². The fourth-order valence-electron chi connectivity index (χ4n) is 2.65. The third-order valence-electron chi connectivity index (χ3n) is 3.83. The van der Waals surface area contributed by atoms with Crippen LogP contribution in [0.25, 0.3) is 0 Å². The maximum atomic E-state index is 10.7. The Morgan fingerprint density at radius 1 is 1.50 bits per heavy atom. The molecule has 1 aliphatic heterocycles. The van der Waals surface area contributed by atoms with E-state index in [1.807, 2.05) is 19.1 Å². The molecule has 1 aliphatic rings. The monoisotopic (exact) mass is 251 g/mol. The lowest BCUT2D eigenvalue weighted by molar-refractivity contribution is -0.138. The highest BCUT2D eigenvalue weighted by Gasteiger charge is 2.26. The lowest BCUT2D eigenvalue weighted by Crippen LogP contribution is -2.36. The van der Waals surface area contributed by atoms with E-state index in [1.54, 1.807) is 0 Å². The Hall–Kier alpha value is -1.29. The number of piperidine rings is 1. The van der Waals surface area contributed by atoms with E-state index in [4.69, 9.17) is 9.52 Å². The molecule has 0 amide bonds. The summed E-state index contributed by atoms with van der Waals surface area (Å²) < 4.78 is 5.65. The van der Waals surface area contributed by atoms with E-state index >= 15 is 0 Å². The predicted octanol–water partition coefficient (Wildman–Crippen LogP) is 2.84. The van der Waals surface area contributed by atoms with Crippen LogP contribution in [0.15, 0.2) is 16.5 Å². The molecule has 1 unspecified atom stereocenters. The number of nitrogens with zero attached hydrogens (tertiary/aromatic N) is 1. The first-order valence-corrected chi connectivity index (χ1v) is 6.58. The van der Waals surface area contributed by atoms with Crippen molar-refractivity contribution in [3.05, 3.63) is 23.7 Å². The average molecular weight is 251 g/mol. The highest BCUT2D eigenvalue weighted by atomic mass is 16.4. The molecule has 0 bridgehead atoms. The molecule has 18 heavy (non-hydrogen) atoms. The molecule has 1 saturated heterocycles. The summed E-state index contributed by atoms with van der Waals surface area (Å²) in [6, 6.07) is 4.30. The van der Waals surface area contributed by atoms with Crippen LogP contribution in [0.1, 0.15) is 43.7 Å². The number of carboxylic acid groups (broad SMARTS) is 1. The van der Waals surface area contributed by atoms with E-state index in [2.05, 4.69) is 11.8 Å². The van der Waals surface area contributed by atoms with Crippen molar-refractivity contribution in [2.45, 2.75) is 39.2 Å². The van der Waals surface area contributed by atoms with E-state index < -0.39 is 5.97 Å². The van der Waals surface area contributed by atoms with Gasteiger partial charge in [0.15, 0.2) is 0 Å². The van der Waals surface area contributed by atoms with Crippen molar-refractivity contribution >= 4 is 5.97 Å². The number of hydrogen-bond donors (Lipinski definition) is 1. The maximum Gasteiger partial charge on any atom is 0.303 e. The molecule has 0 aliphatic carbocycles. The molecule has 4 heteroatoms. The van der Waals surface area contributed by atoms with Gasteiger partial charge in [-0.3, -0.25) is 9.69 Å². The molecule has 2 rings (SSSR count). The van der Waals surface area contributed by atoms with Crippen molar-refractivity contribution in [2.24, 2.45) is 5.92 Å². The van der Waals surface area contributed by atoms with E-state index in [0.717, 1.165) is 37.5 Å². The molecule has 0 saturated carbocycles. The van der Waals surface area contributed by atoms with Gasteiger partial charge in [-0.1, -0.05) is 0 Å². The summed E-state index contributed by atoms with van der Waals surface area (Å²) in [6.45, 7) is 6.02. The quantitative estimate of drug-likeness (QED) is 0.894. The van der Waals surface area contributed by atoms with Gasteiger partial charge in [-0.2, -0.15) is 0 Å². The molecule has 1 N–H and O–H groups in total. The van der Waals surface area contributed by atoms with Crippen molar-refractivity contribution in [2.75, 3.05) is 13.1 Å². The zero-order valence-corrected chi connectivity index (χ0v) is 11.1. The molecule has 4 nitrogen and oxygen atoms in total. The van der Waals surface area contributed by atoms with Crippen molar-refractivity contribution < 1.29 is 14.3 Å². The summed E-state index contributed by atoms with van der Waals surface area (Å²) in [6.07, 6.45) is 2.24. The van der Waals surface area contributed by atoms with Gasteiger partial charge in [0.2, 0.25) is 0 Å². The molecule has 0 radical (unpaired) electrons. The number of aliphatic carboxylic acids is 1. The first-order valence-electron chi connectivity index (χ1n) is 6.58. The number of likely N-dealkylation sites (tertiary alicyclic amines) is 1. The van der Waals surface area contributed by atoms with Crippen LogP contribution < -0.4 is 0 Å². The Morgan fingerprint density at radius 2 is 2.17 bits per heavy atom. The molecular formula is C14H21NO3. The molecular weight excluding hydrogens is 230 g/mol. The van der Waals surface area contributed by atoms with Gasteiger partial charge in [-0.15, -0.1) is 0 Å². The second-order valence-electron chi connectivity index (χ2n) is 5.20. The standard InChI is InChI=1S/C14H21NO3/c1-10-3-4-13(18-10)11(2)15-7-5-12(6-8-15)9-14(16)17/h3-4,11-12H,5-9H2,1-2H3,(H,16,17). The van der Waals surface area contributed by atoms with Gasteiger partial charge < -0.3 is 9.52 Å². The van der Waals surface area contributed by atoms with Crippen LogP contribution in [0.2, 0.25) is 0 Å². The fraction of sp³-hybridized carbons (Fsp3) is 0.643. The van der Waals surface area contributed by atoms with Crippen molar-refractivity contribution in [3.8, 4) is 0 Å². The smallest absolute Gasteiger partial charge is 0.303 e. The van der Waals surface area contributed by atoms with Gasteiger partial charge in [0.05, 0.1) is 6.04 Å². The molecule has 1 aromatic heterocycles. The molecule has 1 atom stereocenters. The zero-order chi connectivity index (χ0) is 13.1. The van der Waals surface area contributed by atoms with Crippen LogP contribution in [0, 0.1) is 12.8 Å². The Bertz CT molecular complexity index is 405. The second kappa shape index (κ2) is 5.57. The number of rotatable bonds is 4. The summed E-state index contributed by atoms with van der Waals surface area (Å²) in [7, 11) is 0. The SMILES string of the molecule is Cc1ccc(C(C)N2CCC(CC(=O)O)CC2)o1. The Balaban J connectivity index is 1.87. The number of furan rings is 1. The number of aryl methyl sites for hydroxylation is 1. The minimum absolute atomic E-state index is 0.282. The normalized spacial score (nSPS) is 19.9. The van der Waals surface area contributed by atoms with Crippen LogP contribution in [0.4, 0.5) is 0 Å². The van der Waals surface area contributed by atoms with Crippen molar-refractivity contribution in [3.63, 3.8) is 0 Å². The molecule has 100 valence electrons. The Kier molecular flexibility index (Phi) is 4.07. The highest BCUT2D eigenvalue weighted by molar-refractivity contribution is 5.67. The van der Waals surface area contributed by atoms with Crippen LogP contribution in [0.3, 0.4) is 0 Å². The average Bonchev–Trinajstić information content (AvgIpc) is 2.75. The van der Waals surface area contributed by atoms with Gasteiger partial charge >= 0.3 is 5.97 Å². The van der Waals surface area contributed by atoms with Gasteiger partial charge in [0, 0.05) is 6.42 Å². The third-order valence-corrected chi connectivity index (χ3v) is 3.83. The Morgan fingerprint density at radius 3 is 2.67 bits per heavy atom. The summed E-state index contributed by atoms with van der Waals surface area (Å²) >= 11 is 0. The minimum atomic E-state index is -0.678. The van der Waals surface area contributed by atoms with E-state index in [-0.39, 0.29) is 6.04 Å². The topological polar surface area (TPSA) is 53.7 Å². The van der Waals surface area contributed by atoms with Crippen LogP contribution in [-0.4, -0.2) is 29.1 Å². The van der Waals surface area contributed by atoms with Gasteiger partial charge in [0.1, 0.15) is 11.5 Å². The van der Waals surface area contributed by atoms with E-state index in [0.29, 0.717) is 12.3 Å².